The highest BCUT2D eigenvalue weighted by molar-refractivity contribution is 9.11. The molecule has 0 spiro atoms. The van der Waals surface area contributed by atoms with Gasteiger partial charge in [-0.2, -0.15) is 0 Å². The molecule has 0 unspecified atom stereocenters. The van der Waals surface area contributed by atoms with Crippen molar-refractivity contribution in [3.8, 4) is 0 Å². The molecule has 5 rings (SSSR count). The van der Waals surface area contributed by atoms with Gasteiger partial charge in [0, 0.05) is 20.1 Å². The zero-order valence-electron chi connectivity index (χ0n) is 22.9. The lowest BCUT2D eigenvalue weighted by Crippen LogP contribution is -2.12. The second kappa shape index (κ2) is 12.2. The van der Waals surface area contributed by atoms with Gasteiger partial charge in [0.1, 0.15) is 0 Å². The van der Waals surface area contributed by atoms with Crippen LogP contribution < -0.4 is 0 Å². The average molecular weight is 651 g/mol. The van der Waals surface area contributed by atoms with E-state index in [-0.39, 0.29) is 0 Å². The molecule has 5 heteroatoms. The van der Waals surface area contributed by atoms with Crippen LogP contribution in [0.2, 0.25) is 0 Å². The summed E-state index contributed by atoms with van der Waals surface area (Å²) in [5, 5.41) is 0. The fourth-order valence-electron chi connectivity index (χ4n) is 4.75. The summed E-state index contributed by atoms with van der Waals surface area (Å²) in [5.74, 6) is 0. The summed E-state index contributed by atoms with van der Waals surface area (Å²) in [6, 6.07) is 35.0. The van der Waals surface area contributed by atoms with Gasteiger partial charge in [0.2, 0.25) is 0 Å². The Hall–Kier alpha value is -3.67. The number of nitrogens with zero attached hydrogens (tertiary/aromatic N) is 3. The predicted octanol–water partition coefficient (Wildman–Crippen LogP) is 10.2. The molecule has 1 aromatic heterocycles. The van der Waals surface area contributed by atoms with Crippen LogP contribution in [0, 0.1) is 27.7 Å². The lowest BCUT2D eigenvalue weighted by atomic mass is 10.0. The molecule has 40 heavy (non-hydrogen) atoms. The summed E-state index contributed by atoms with van der Waals surface area (Å²) < 4.78 is 1.92. The second-order valence-corrected chi connectivity index (χ2v) is 11.6. The van der Waals surface area contributed by atoms with Gasteiger partial charge in [0.05, 0.1) is 34.2 Å². The molecule has 0 atom stereocenters. The molecule has 0 radical (unpaired) electrons. The second-order valence-electron chi connectivity index (χ2n) is 9.89. The standard InChI is InChI=1S/C35H29Br2N3/c1-22-18-24(3)32(28(36)20-22)39-34(26-12-7-5-8-13-26)30-16-11-17-31(38-30)35(27-14-9-6-10-15-27)40-33-25(4)19-23(2)21-29(33)37/h5-21H,1-4H3/b39-34+,40-35+. The van der Waals surface area contributed by atoms with Crippen LogP contribution in [0.5, 0.6) is 0 Å². The molecule has 0 saturated heterocycles. The molecule has 0 bridgehead atoms. The van der Waals surface area contributed by atoms with Gasteiger partial charge in [-0.3, -0.25) is 0 Å². The molecule has 5 aromatic rings. The molecule has 0 aliphatic heterocycles. The van der Waals surface area contributed by atoms with E-state index >= 15 is 0 Å². The molecular formula is C35H29Br2N3. The first-order valence-electron chi connectivity index (χ1n) is 13.1. The SMILES string of the molecule is Cc1cc(C)c(/N=C(\c2ccccc2)c2cccc(/C(=N/c3c(C)cc(C)cc3Br)c3ccccc3)n2)c(Br)c1. The normalized spacial score (nSPS) is 12.1. The van der Waals surface area contributed by atoms with E-state index < -0.39 is 0 Å². The van der Waals surface area contributed by atoms with Gasteiger partial charge in [-0.05, 0) is 106 Å². The van der Waals surface area contributed by atoms with Gasteiger partial charge < -0.3 is 0 Å². The van der Waals surface area contributed by atoms with Crippen LogP contribution in [0.15, 0.2) is 122 Å². The Morgan fingerprint density at radius 3 is 1.30 bits per heavy atom. The van der Waals surface area contributed by atoms with E-state index in [1.165, 1.54) is 11.1 Å². The number of aliphatic imine (C=N–C) groups is 2. The first kappa shape index (κ1) is 27.9. The molecule has 0 saturated carbocycles. The molecule has 198 valence electrons. The van der Waals surface area contributed by atoms with Crippen LogP contribution in [0.1, 0.15) is 44.8 Å². The van der Waals surface area contributed by atoms with Crippen LogP contribution in [0.25, 0.3) is 0 Å². The highest BCUT2D eigenvalue weighted by Crippen LogP contribution is 2.33. The van der Waals surface area contributed by atoms with E-state index in [0.29, 0.717) is 0 Å². The number of pyridine rings is 1. The van der Waals surface area contributed by atoms with Crippen LogP contribution in [0.3, 0.4) is 0 Å². The van der Waals surface area contributed by atoms with Crippen molar-refractivity contribution in [2.24, 2.45) is 9.98 Å². The predicted molar refractivity (Wildman–Crippen MR) is 175 cm³/mol. The summed E-state index contributed by atoms with van der Waals surface area (Å²) in [6.07, 6.45) is 0. The topological polar surface area (TPSA) is 37.6 Å². The quantitative estimate of drug-likeness (QED) is 0.169. The highest BCUT2D eigenvalue weighted by atomic mass is 79.9. The van der Waals surface area contributed by atoms with Crippen molar-refractivity contribution in [2.45, 2.75) is 27.7 Å². The minimum atomic E-state index is 0.777. The molecule has 4 aromatic carbocycles. The Bertz CT molecular complexity index is 1570. The molecule has 0 amide bonds. The van der Waals surface area contributed by atoms with E-state index in [4.69, 9.17) is 15.0 Å². The van der Waals surface area contributed by atoms with Gasteiger partial charge >= 0.3 is 0 Å². The number of rotatable bonds is 6. The average Bonchev–Trinajstić information content (AvgIpc) is 2.93. The number of aromatic nitrogens is 1. The largest absolute Gasteiger partial charge is 0.245 e. The van der Waals surface area contributed by atoms with Crippen molar-refractivity contribution in [1.82, 2.24) is 4.98 Å². The number of hydrogen-bond acceptors (Lipinski definition) is 3. The van der Waals surface area contributed by atoms with Crippen LogP contribution >= 0.6 is 31.9 Å². The zero-order valence-corrected chi connectivity index (χ0v) is 26.1. The summed E-state index contributed by atoms with van der Waals surface area (Å²) in [7, 11) is 0. The molecule has 3 nitrogen and oxygen atoms in total. The minimum absolute atomic E-state index is 0.777. The highest BCUT2D eigenvalue weighted by Gasteiger charge is 2.16. The Labute approximate surface area is 253 Å². The van der Waals surface area contributed by atoms with Crippen molar-refractivity contribution in [1.29, 1.82) is 0 Å². The van der Waals surface area contributed by atoms with Crippen LogP contribution in [0.4, 0.5) is 11.4 Å². The first-order chi connectivity index (χ1) is 19.3. The zero-order chi connectivity index (χ0) is 28.2. The van der Waals surface area contributed by atoms with Gasteiger partial charge in [-0.25, -0.2) is 15.0 Å². The smallest absolute Gasteiger partial charge is 0.0966 e. The van der Waals surface area contributed by atoms with E-state index in [1.54, 1.807) is 0 Å². The summed E-state index contributed by atoms with van der Waals surface area (Å²) >= 11 is 7.49. The Morgan fingerprint density at radius 2 is 0.925 bits per heavy atom. The Kier molecular flexibility index (Phi) is 8.53. The third-order valence-corrected chi connectivity index (χ3v) is 7.78. The number of benzene rings is 4. The van der Waals surface area contributed by atoms with Crippen molar-refractivity contribution in [3.63, 3.8) is 0 Å². The van der Waals surface area contributed by atoms with E-state index in [9.17, 15) is 0 Å². The monoisotopic (exact) mass is 649 g/mol. The van der Waals surface area contributed by atoms with Crippen molar-refractivity contribution in [2.75, 3.05) is 0 Å². The van der Waals surface area contributed by atoms with Crippen molar-refractivity contribution in [3.05, 3.63) is 157 Å². The van der Waals surface area contributed by atoms with Gasteiger partial charge in [0.15, 0.2) is 0 Å². The fourth-order valence-corrected chi connectivity index (χ4v) is 6.28. The van der Waals surface area contributed by atoms with Crippen LogP contribution in [-0.4, -0.2) is 16.4 Å². The maximum atomic E-state index is 5.19. The summed E-state index contributed by atoms with van der Waals surface area (Å²) in [6.45, 7) is 8.36. The van der Waals surface area contributed by atoms with Gasteiger partial charge in [0.25, 0.3) is 0 Å². The number of hydrogen-bond donors (Lipinski definition) is 0. The third-order valence-electron chi connectivity index (χ3n) is 6.57. The number of aryl methyl sites for hydroxylation is 4. The van der Waals surface area contributed by atoms with E-state index in [1.807, 2.05) is 54.6 Å². The lowest BCUT2D eigenvalue weighted by molar-refractivity contribution is 1.23. The van der Waals surface area contributed by atoms with Crippen molar-refractivity contribution < 1.29 is 0 Å². The number of halogens is 2. The molecule has 1 heterocycles. The van der Waals surface area contributed by atoms with Gasteiger partial charge in [-0.1, -0.05) is 78.9 Å². The Balaban J connectivity index is 1.72. The molecular weight excluding hydrogens is 622 g/mol. The fraction of sp³-hybridized carbons (Fsp3) is 0.114. The van der Waals surface area contributed by atoms with E-state index in [0.717, 1.165) is 65.4 Å². The molecule has 0 aliphatic rings. The summed E-state index contributed by atoms with van der Waals surface area (Å²) in [4.78, 5) is 15.6. The van der Waals surface area contributed by atoms with E-state index in [2.05, 4.69) is 108 Å². The minimum Gasteiger partial charge on any atom is -0.245 e. The van der Waals surface area contributed by atoms with Crippen LogP contribution in [-0.2, 0) is 0 Å². The van der Waals surface area contributed by atoms with Gasteiger partial charge in [-0.15, -0.1) is 0 Å². The third kappa shape index (κ3) is 6.22. The molecule has 0 fully saturated rings. The molecule has 0 N–H and O–H groups in total. The Morgan fingerprint density at radius 1 is 0.525 bits per heavy atom. The maximum Gasteiger partial charge on any atom is 0.0966 e. The maximum absolute atomic E-state index is 5.19. The molecule has 0 aliphatic carbocycles. The summed E-state index contributed by atoms with van der Waals surface area (Å²) in [5.41, 5.74) is 11.5. The first-order valence-corrected chi connectivity index (χ1v) is 14.7. The van der Waals surface area contributed by atoms with Crippen molar-refractivity contribution >= 4 is 54.7 Å². The lowest BCUT2D eigenvalue weighted by Gasteiger charge is -2.13.